The van der Waals surface area contributed by atoms with Crippen molar-refractivity contribution in [2.45, 2.75) is 39.4 Å². The Labute approximate surface area is 193 Å². The maximum absolute atomic E-state index is 13.4. The molecule has 4 rings (SSSR count). The summed E-state index contributed by atoms with van der Waals surface area (Å²) in [6.07, 6.45) is 0.660. The number of hydrogen-bond acceptors (Lipinski definition) is 5. The van der Waals surface area contributed by atoms with E-state index in [0.717, 1.165) is 17.8 Å². The fraction of sp³-hybridized carbons (Fsp3) is 0.400. The van der Waals surface area contributed by atoms with Crippen molar-refractivity contribution in [2.24, 2.45) is 7.05 Å². The maximum atomic E-state index is 13.4. The number of fused-ring (bicyclic) bond motifs is 1. The first-order valence-corrected chi connectivity index (χ1v) is 11.2. The molecule has 174 valence electrons. The van der Waals surface area contributed by atoms with Gasteiger partial charge in [0.25, 0.3) is 11.8 Å². The Morgan fingerprint density at radius 3 is 2.55 bits per heavy atom. The fourth-order valence-electron chi connectivity index (χ4n) is 4.48. The second-order valence-electron chi connectivity index (χ2n) is 8.45. The van der Waals surface area contributed by atoms with E-state index in [1.165, 1.54) is 7.11 Å². The molecule has 1 aromatic heterocycles. The van der Waals surface area contributed by atoms with E-state index >= 15 is 0 Å². The number of ether oxygens (including phenoxy) is 2. The molecule has 0 spiro atoms. The first-order valence-electron chi connectivity index (χ1n) is 11.2. The largest absolute Gasteiger partial charge is 0.496 e. The number of aryl methyl sites for hydroxylation is 2. The van der Waals surface area contributed by atoms with Gasteiger partial charge in [-0.25, -0.2) is 4.98 Å². The second-order valence-corrected chi connectivity index (χ2v) is 8.45. The summed E-state index contributed by atoms with van der Waals surface area (Å²) in [7, 11) is 3.45. The van der Waals surface area contributed by atoms with Crippen LogP contribution in [0.4, 0.5) is 5.69 Å². The summed E-state index contributed by atoms with van der Waals surface area (Å²) in [5, 5.41) is 2.99. The average Bonchev–Trinajstić information content (AvgIpc) is 3.13. The molecule has 2 amide bonds. The highest BCUT2D eigenvalue weighted by Gasteiger charge is 2.28. The maximum Gasteiger partial charge on any atom is 0.259 e. The molecule has 2 heterocycles. The number of benzene rings is 2. The topological polar surface area (TPSA) is 85.7 Å². The minimum Gasteiger partial charge on any atom is -0.496 e. The van der Waals surface area contributed by atoms with Crippen LogP contribution >= 0.6 is 0 Å². The number of nitrogens with zero attached hydrogens (tertiary/aromatic N) is 3. The van der Waals surface area contributed by atoms with Gasteiger partial charge >= 0.3 is 0 Å². The zero-order valence-corrected chi connectivity index (χ0v) is 19.7. The van der Waals surface area contributed by atoms with Crippen molar-refractivity contribution in [3.05, 3.63) is 53.3 Å². The van der Waals surface area contributed by atoms with Crippen LogP contribution in [-0.2, 0) is 18.2 Å². The molecule has 1 aliphatic rings. The van der Waals surface area contributed by atoms with Gasteiger partial charge in [0.1, 0.15) is 11.6 Å². The smallest absolute Gasteiger partial charge is 0.259 e. The van der Waals surface area contributed by atoms with Crippen molar-refractivity contribution in [2.75, 3.05) is 25.5 Å². The molecule has 0 unspecified atom stereocenters. The number of morpholine rings is 1. The van der Waals surface area contributed by atoms with Crippen molar-refractivity contribution in [3.8, 4) is 5.75 Å². The normalized spacial score (nSPS) is 18.4. The van der Waals surface area contributed by atoms with Gasteiger partial charge in [0.05, 0.1) is 41.6 Å². The Balaban J connectivity index is 1.76. The molecule has 0 saturated carbocycles. The van der Waals surface area contributed by atoms with Crippen LogP contribution < -0.4 is 10.1 Å². The molecule has 1 aliphatic heterocycles. The van der Waals surface area contributed by atoms with Crippen LogP contribution in [-0.4, -0.2) is 58.7 Å². The van der Waals surface area contributed by atoms with Gasteiger partial charge in [-0.3, -0.25) is 9.59 Å². The Kier molecular flexibility index (Phi) is 6.37. The van der Waals surface area contributed by atoms with E-state index in [1.807, 2.05) is 38.5 Å². The van der Waals surface area contributed by atoms with E-state index in [0.29, 0.717) is 41.2 Å². The van der Waals surface area contributed by atoms with E-state index < -0.39 is 0 Å². The summed E-state index contributed by atoms with van der Waals surface area (Å²) in [6, 6.07) is 10.6. The number of carbonyl (C=O) groups is 2. The first kappa shape index (κ1) is 22.8. The molecule has 0 aliphatic carbocycles. The minimum atomic E-state index is -0.314. The zero-order valence-electron chi connectivity index (χ0n) is 19.7. The number of amides is 2. The Hall–Kier alpha value is -3.39. The number of aromatic nitrogens is 2. The van der Waals surface area contributed by atoms with Crippen LogP contribution in [0.5, 0.6) is 5.75 Å². The molecule has 33 heavy (non-hydrogen) atoms. The Morgan fingerprint density at radius 2 is 1.88 bits per heavy atom. The number of hydrogen-bond donors (Lipinski definition) is 1. The van der Waals surface area contributed by atoms with Gasteiger partial charge in [-0.2, -0.15) is 0 Å². The van der Waals surface area contributed by atoms with Crippen LogP contribution in [0.3, 0.4) is 0 Å². The van der Waals surface area contributed by atoms with Crippen LogP contribution in [0.25, 0.3) is 11.0 Å². The van der Waals surface area contributed by atoms with E-state index in [1.54, 1.807) is 35.2 Å². The van der Waals surface area contributed by atoms with Gasteiger partial charge in [0, 0.05) is 32.1 Å². The third-order valence-corrected chi connectivity index (χ3v) is 5.93. The third-order valence-electron chi connectivity index (χ3n) is 5.93. The van der Waals surface area contributed by atoms with Crippen LogP contribution in [0.15, 0.2) is 36.4 Å². The number of rotatable bonds is 5. The molecule has 8 heteroatoms. The number of carbonyl (C=O) groups excluding carboxylic acids is 2. The summed E-state index contributed by atoms with van der Waals surface area (Å²) in [5.74, 6) is 0.937. The molecule has 1 N–H and O–H groups in total. The zero-order chi connectivity index (χ0) is 23.7. The number of methoxy groups -OCH3 is 1. The SMILES string of the molecule is CCc1nc2cc(C(=O)N3C[C@@H](C)O[C@@H](C)C3)cc(NC(=O)c3ccccc3OC)c2n1C. The lowest BCUT2D eigenvalue weighted by molar-refractivity contribution is -0.0586. The summed E-state index contributed by atoms with van der Waals surface area (Å²) in [6.45, 7) is 6.99. The molecule has 3 aromatic rings. The van der Waals surface area contributed by atoms with E-state index in [9.17, 15) is 9.59 Å². The van der Waals surface area contributed by atoms with E-state index in [4.69, 9.17) is 14.5 Å². The van der Waals surface area contributed by atoms with Crippen LogP contribution in [0, 0.1) is 0 Å². The van der Waals surface area contributed by atoms with Gasteiger partial charge < -0.3 is 24.3 Å². The standard InChI is InChI=1S/C25H30N4O4/c1-6-22-26-19-11-17(25(31)29-13-15(2)33-16(3)14-29)12-20(23(19)28(22)4)27-24(30)18-9-7-8-10-21(18)32-5/h7-12,15-16H,6,13-14H2,1-5H3,(H,27,30)/t15-,16+. The van der Waals surface area contributed by atoms with Gasteiger partial charge in [0.2, 0.25) is 0 Å². The van der Waals surface area contributed by atoms with E-state index in [2.05, 4.69) is 5.32 Å². The summed E-state index contributed by atoms with van der Waals surface area (Å²) >= 11 is 0. The van der Waals surface area contributed by atoms with Crippen molar-refractivity contribution < 1.29 is 19.1 Å². The van der Waals surface area contributed by atoms with Crippen molar-refractivity contribution in [3.63, 3.8) is 0 Å². The van der Waals surface area contributed by atoms with Gasteiger partial charge in [-0.05, 0) is 38.1 Å². The molecule has 2 aromatic carbocycles. The van der Waals surface area contributed by atoms with E-state index in [-0.39, 0.29) is 24.0 Å². The molecule has 0 radical (unpaired) electrons. The molecule has 1 saturated heterocycles. The number of nitrogens with one attached hydrogen (secondary N) is 1. The first-order chi connectivity index (χ1) is 15.8. The molecule has 0 bridgehead atoms. The highest BCUT2D eigenvalue weighted by molar-refractivity contribution is 6.11. The highest BCUT2D eigenvalue weighted by atomic mass is 16.5. The van der Waals surface area contributed by atoms with Gasteiger partial charge in [0.15, 0.2) is 0 Å². The second kappa shape index (κ2) is 9.23. The minimum absolute atomic E-state index is 0.0345. The predicted octanol–water partition coefficient (Wildman–Crippen LogP) is 3.65. The van der Waals surface area contributed by atoms with Crippen molar-refractivity contribution >= 4 is 28.5 Å². The molecule has 8 nitrogen and oxygen atoms in total. The monoisotopic (exact) mass is 450 g/mol. The molecular weight excluding hydrogens is 420 g/mol. The fourth-order valence-corrected chi connectivity index (χ4v) is 4.48. The lowest BCUT2D eigenvalue weighted by atomic mass is 10.1. The number of imidazole rings is 1. The summed E-state index contributed by atoms with van der Waals surface area (Å²) in [5.41, 5.74) is 2.88. The molecule has 2 atom stereocenters. The third kappa shape index (κ3) is 4.43. The molecule has 1 fully saturated rings. The van der Waals surface area contributed by atoms with Gasteiger partial charge in [-0.15, -0.1) is 0 Å². The highest BCUT2D eigenvalue weighted by Crippen LogP contribution is 2.29. The Morgan fingerprint density at radius 1 is 1.18 bits per heavy atom. The lowest BCUT2D eigenvalue weighted by Gasteiger charge is -2.35. The molecular formula is C25H30N4O4. The van der Waals surface area contributed by atoms with Crippen LogP contribution in [0.2, 0.25) is 0 Å². The predicted molar refractivity (Wildman–Crippen MR) is 127 cm³/mol. The van der Waals surface area contributed by atoms with Crippen LogP contribution in [0.1, 0.15) is 47.3 Å². The number of anilines is 1. The summed E-state index contributed by atoms with van der Waals surface area (Å²) in [4.78, 5) is 33.1. The summed E-state index contributed by atoms with van der Waals surface area (Å²) < 4.78 is 13.1. The van der Waals surface area contributed by atoms with Crippen molar-refractivity contribution in [1.29, 1.82) is 0 Å². The van der Waals surface area contributed by atoms with Crippen molar-refractivity contribution in [1.82, 2.24) is 14.5 Å². The quantitative estimate of drug-likeness (QED) is 0.641. The Bertz CT molecular complexity index is 1190. The lowest BCUT2D eigenvalue weighted by Crippen LogP contribution is -2.48. The van der Waals surface area contributed by atoms with Gasteiger partial charge in [-0.1, -0.05) is 19.1 Å². The average molecular weight is 451 g/mol. The number of para-hydroxylation sites is 1.